The molecule has 2 rings (SSSR count). The molecule has 1 aliphatic rings. The van der Waals surface area contributed by atoms with E-state index in [9.17, 15) is 4.79 Å². The molecule has 0 aliphatic carbocycles. The third kappa shape index (κ3) is 6.29. The molecule has 1 atom stereocenters. The number of hydrogen-bond acceptors (Lipinski definition) is 4. The predicted molar refractivity (Wildman–Crippen MR) is 110 cm³/mol. The Morgan fingerprint density at radius 1 is 1.23 bits per heavy atom. The zero-order chi connectivity index (χ0) is 19.0. The number of carbonyl (C=O) groups excluding carboxylic acids is 1. The fourth-order valence-electron chi connectivity index (χ4n) is 3.55. The van der Waals surface area contributed by atoms with Crippen LogP contribution in [0, 0.1) is 6.92 Å². The third-order valence-corrected chi connectivity index (χ3v) is 5.21. The Labute approximate surface area is 158 Å². The maximum absolute atomic E-state index is 12.1. The van der Waals surface area contributed by atoms with Crippen molar-refractivity contribution in [3.05, 3.63) is 29.8 Å². The molecule has 0 bridgehead atoms. The Morgan fingerprint density at radius 3 is 2.62 bits per heavy atom. The topological polar surface area (TPSA) is 61.6 Å². The number of amides is 1. The van der Waals surface area contributed by atoms with Crippen LogP contribution in [-0.4, -0.2) is 55.6 Å². The molecule has 1 unspecified atom stereocenters. The first-order valence-corrected chi connectivity index (χ1v) is 10.0. The Hall–Kier alpha value is -1.59. The van der Waals surface area contributed by atoms with Crippen LogP contribution >= 0.6 is 0 Å². The van der Waals surface area contributed by atoms with Gasteiger partial charge in [-0.1, -0.05) is 25.5 Å². The first-order chi connectivity index (χ1) is 12.4. The molecule has 5 nitrogen and oxygen atoms in total. The molecule has 0 radical (unpaired) electrons. The molecular formula is C21H36N4O. The Kier molecular flexibility index (Phi) is 7.91. The summed E-state index contributed by atoms with van der Waals surface area (Å²) < 4.78 is 0. The molecule has 1 fully saturated rings. The molecule has 5 heteroatoms. The van der Waals surface area contributed by atoms with Crippen LogP contribution < -0.4 is 16.0 Å². The van der Waals surface area contributed by atoms with Crippen LogP contribution in [0.1, 0.15) is 45.1 Å². The van der Waals surface area contributed by atoms with Gasteiger partial charge in [-0.25, -0.2) is 0 Å². The van der Waals surface area contributed by atoms with Gasteiger partial charge in [0, 0.05) is 38.4 Å². The van der Waals surface area contributed by atoms with Crippen molar-refractivity contribution in [3.8, 4) is 0 Å². The molecule has 1 amide bonds. The van der Waals surface area contributed by atoms with E-state index >= 15 is 0 Å². The minimum absolute atomic E-state index is 0.0221. The van der Waals surface area contributed by atoms with E-state index in [1.165, 1.54) is 11.3 Å². The third-order valence-electron chi connectivity index (χ3n) is 5.21. The lowest BCUT2D eigenvalue weighted by Gasteiger charge is -2.36. The lowest BCUT2D eigenvalue weighted by Crippen LogP contribution is -2.51. The summed E-state index contributed by atoms with van der Waals surface area (Å²) in [4.78, 5) is 17.1. The van der Waals surface area contributed by atoms with Gasteiger partial charge in [-0.05, 0) is 57.4 Å². The van der Waals surface area contributed by atoms with Gasteiger partial charge in [-0.2, -0.15) is 0 Å². The van der Waals surface area contributed by atoms with Crippen LogP contribution in [0.5, 0.6) is 0 Å². The monoisotopic (exact) mass is 360 g/mol. The molecule has 1 saturated heterocycles. The number of carbonyl (C=O) groups is 1. The second kappa shape index (κ2) is 9.93. The standard InChI is InChI=1S/C21H36N4O/c1-4-10-21(3,22)20(26)23-11-5-6-12-24-13-15-25(16-14-24)19-9-7-8-18(2)17-19/h7-9,17H,4-6,10-16,22H2,1-3H3,(H,23,26). The molecule has 0 saturated carbocycles. The molecule has 1 aromatic rings. The first kappa shape index (κ1) is 20.7. The van der Waals surface area contributed by atoms with Crippen molar-refractivity contribution in [1.29, 1.82) is 0 Å². The van der Waals surface area contributed by atoms with Gasteiger partial charge in [-0.15, -0.1) is 0 Å². The van der Waals surface area contributed by atoms with Gasteiger partial charge < -0.3 is 16.0 Å². The van der Waals surface area contributed by atoms with Crippen LogP contribution in [0.2, 0.25) is 0 Å². The van der Waals surface area contributed by atoms with Crippen LogP contribution in [0.4, 0.5) is 5.69 Å². The highest BCUT2D eigenvalue weighted by atomic mass is 16.2. The SMILES string of the molecule is CCCC(C)(N)C(=O)NCCCCN1CCN(c2cccc(C)c2)CC1. The van der Waals surface area contributed by atoms with Gasteiger partial charge in [0.25, 0.3) is 0 Å². The van der Waals surface area contributed by atoms with Gasteiger partial charge in [0.1, 0.15) is 0 Å². The molecular weight excluding hydrogens is 324 g/mol. The molecule has 1 aliphatic heterocycles. The van der Waals surface area contributed by atoms with Gasteiger partial charge in [0.2, 0.25) is 5.91 Å². The van der Waals surface area contributed by atoms with E-state index in [4.69, 9.17) is 5.73 Å². The summed E-state index contributed by atoms with van der Waals surface area (Å²) in [6.45, 7) is 12.2. The summed E-state index contributed by atoms with van der Waals surface area (Å²) in [5, 5.41) is 2.99. The van der Waals surface area contributed by atoms with Crippen LogP contribution in [-0.2, 0) is 4.79 Å². The Bertz CT molecular complexity index is 565. The molecule has 1 aromatic carbocycles. The maximum Gasteiger partial charge on any atom is 0.239 e. The molecule has 3 N–H and O–H groups in total. The highest BCUT2D eigenvalue weighted by molar-refractivity contribution is 5.85. The molecule has 26 heavy (non-hydrogen) atoms. The minimum atomic E-state index is -0.735. The normalized spacial score (nSPS) is 17.8. The van der Waals surface area contributed by atoms with Crippen molar-refractivity contribution < 1.29 is 4.79 Å². The number of unbranched alkanes of at least 4 members (excludes halogenated alkanes) is 1. The van der Waals surface area contributed by atoms with Crippen molar-refractivity contribution in [2.75, 3.05) is 44.2 Å². The number of anilines is 1. The van der Waals surface area contributed by atoms with E-state index in [0.717, 1.165) is 65.0 Å². The minimum Gasteiger partial charge on any atom is -0.369 e. The lowest BCUT2D eigenvalue weighted by atomic mass is 9.96. The highest BCUT2D eigenvalue weighted by Gasteiger charge is 2.26. The Balaban J connectivity index is 1.60. The summed E-state index contributed by atoms with van der Waals surface area (Å²) in [6, 6.07) is 8.75. The fraction of sp³-hybridized carbons (Fsp3) is 0.667. The van der Waals surface area contributed by atoms with Gasteiger partial charge in [0.05, 0.1) is 5.54 Å². The molecule has 0 aromatic heterocycles. The zero-order valence-electron chi connectivity index (χ0n) is 16.8. The average Bonchev–Trinajstić information content (AvgIpc) is 2.61. The van der Waals surface area contributed by atoms with Gasteiger partial charge in [-0.3, -0.25) is 9.69 Å². The van der Waals surface area contributed by atoms with E-state index in [-0.39, 0.29) is 5.91 Å². The van der Waals surface area contributed by atoms with Crippen LogP contribution in [0.3, 0.4) is 0 Å². The highest BCUT2D eigenvalue weighted by Crippen LogP contribution is 2.18. The van der Waals surface area contributed by atoms with Crippen LogP contribution in [0.15, 0.2) is 24.3 Å². The predicted octanol–water partition coefficient (Wildman–Crippen LogP) is 2.53. The molecule has 0 spiro atoms. The van der Waals surface area contributed by atoms with E-state index in [1.807, 2.05) is 6.92 Å². The summed E-state index contributed by atoms with van der Waals surface area (Å²) in [6.07, 6.45) is 3.77. The van der Waals surface area contributed by atoms with Gasteiger partial charge >= 0.3 is 0 Å². The zero-order valence-corrected chi connectivity index (χ0v) is 16.8. The smallest absolute Gasteiger partial charge is 0.239 e. The van der Waals surface area contributed by atoms with Crippen molar-refractivity contribution in [2.45, 2.75) is 52.0 Å². The maximum atomic E-state index is 12.1. The lowest BCUT2D eigenvalue weighted by molar-refractivity contribution is -0.126. The summed E-state index contributed by atoms with van der Waals surface area (Å²) >= 11 is 0. The number of nitrogens with one attached hydrogen (secondary N) is 1. The van der Waals surface area contributed by atoms with E-state index in [2.05, 4.69) is 53.2 Å². The van der Waals surface area contributed by atoms with Gasteiger partial charge in [0.15, 0.2) is 0 Å². The average molecular weight is 361 g/mol. The summed E-state index contributed by atoms with van der Waals surface area (Å²) in [5.41, 5.74) is 7.97. The van der Waals surface area contributed by atoms with Crippen molar-refractivity contribution >= 4 is 11.6 Å². The van der Waals surface area contributed by atoms with Crippen molar-refractivity contribution in [2.24, 2.45) is 5.73 Å². The van der Waals surface area contributed by atoms with E-state index in [1.54, 1.807) is 0 Å². The number of piperazine rings is 1. The quantitative estimate of drug-likeness (QED) is 0.665. The molecule has 1 heterocycles. The van der Waals surface area contributed by atoms with Crippen molar-refractivity contribution in [1.82, 2.24) is 10.2 Å². The number of nitrogens with two attached hydrogens (primary N) is 1. The van der Waals surface area contributed by atoms with E-state index in [0.29, 0.717) is 0 Å². The number of aryl methyl sites for hydroxylation is 1. The largest absolute Gasteiger partial charge is 0.369 e. The number of rotatable bonds is 9. The Morgan fingerprint density at radius 2 is 1.96 bits per heavy atom. The molecule has 146 valence electrons. The number of nitrogens with zero attached hydrogens (tertiary/aromatic N) is 2. The second-order valence-corrected chi connectivity index (χ2v) is 7.80. The first-order valence-electron chi connectivity index (χ1n) is 10.0. The van der Waals surface area contributed by atoms with Crippen LogP contribution in [0.25, 0.3) is 0 Å². The second-order valence-electron chi connectivity index (χ2n) is 7.80. The fourth-order valence-corrected chi connectivity index (χ4v) is 3.55. The number of hydrogen-bond donors (Lipinski definition) is 2. The van der Waals surface area contributed by atoms with E-state index < -0.39 is 5.54 Å². The summed E-state index contributed by atoms with van der Waals surface area (Å²) in [7, 11) is 0. The van der Waals surface area contributed by atoms with Crippen molar-refractivity contribution in [3.63, 3.8) is 0 Å². The summed E-state index contributed by atoms with van der Waals surface area (Å²) in [5.74, 6) is -0.0221. The number of benzene rings is 1.